The minimum Gasteiger partial charge on any atom is -0.495 e. The molecule has 3 aromatic rings. The van der Waals surface area contributed by atoms with E-state index in [4.69, 9.17) is 4.74 Å². The van der Waals surface area contributed by atoms with E-state index in [-0.39, 0.29) is 23.8 Å². The quantitative estimate of drug-likeness (QED) is 0.655. The van der Waals surface area contributed by atoms with E-state index in [0.717, 1.165) is 10.8 Å². The lowest BCUT2D eigenvalue weighted by molar-refractivity contribution is -0.116. The van der Waals surface area contributed by atoms with E-state index in [1.54, 1.807) is 42.5 Å². The van der Waals surface area contributed by atoms with Crippen molar-refractivity contribution in [3.8, 4) is 5.75 Å². The Hall–Kier alpha value is -2.90. The summed E-state index contributed by atoms with van der Waals surface area (Å²) in [5.41, 5.74) is 0.544. The molecule has 0 aromatic heterocycles. The Morgan fingerprint density at radius 3 is 2.44 bits per heavy atom. The SMILES string of the molecule is COc1ccccc1NC(=O)CCNS(=O)(=O)c1ccc2ccccc2c1. The van der Waals surface area contributed by atoms with Crippen molar-refractivity contribution in [3.05, 3.63) is 66.7 Å². The third kappa shape index (κ3) is 4.64. The van der Waals surface area contributed by atoms with Crippen molar-refractivity contribution < 1.29 is 17.9 Å². The zero-order valence-corrected chi connectivity index (χ0v) is 15.6. The van der Waals surface area contributed by atoms with Crippen LogP contribution >= 0.6 is 0 Å². The second-order valence-electron chi connectivity index (χ2n) is 5.91. The van der Waals surface area contributed by atoms with Gasteiger partial charge in [0.25, 0.3) is 0 Å². The number of amides is 1. The van der Waals surface area contributed by atoms with Gasteiger partial charge < -0.3 is 10.1 Å². The number of ether oxygens (including phenoxy) is 1. The summed E-state index contributed by atoms with van der Waals surface area (Å²) in [6.07, 6.45) is 0.00482. The van der Waals surface area contributed by atoms with E-state index in [2.05, 4.69) is 10.0 Å². The fourth-order valence-corrected chi connectivity index (χ4v) is 3.74. The molecule has 7 heteroatoms. The molecule has 3 rings (SSSR count). The van der Waals surface area contributed by atoms with E-state index < -0.39 is 10.0 Å². The molecule has 0 unspecified atom stereocenters. The number of rotatable bonds is 7. The highest BCUT2D eigenvalue weighted by atomic mass is 32.2. The highest BCUT2D eigenvalue weighted by molar-refractivity contribution is 7.89. The van der Waals surface area contributed by atoms with Crippen molar-refractivity contribution in [2.45, 2.75) is 11.3 Å². The number of para-hydroxylation sites is 2. The third-order valence-corrected chi connectivity index (χ3v) is 5.52. The molecule has 0 aliphatic carbocycles. The summed E-state index contributed by atoms with van der Waals surface area (Å²) in [6.45, 7) is -0.00383. The van der Waals surface area contributed by atoms with Crippen molar-refractivity contribution in [1.82, 2.24) is 4.72 Å². The van der Waals surface area contributed by atoms with Gasteiger partial charge in [0.05, 0.1) is 17.7 Å². The normalized spacial score (nSPS) is 11.3. The highest BCUT2D eigenvalue weighted by Gasteiger charge is 2.15. The first kappa shape index (κ1) is 18.9. The van der Waals surface area contributed by atoms with Crippen molar-refractivity contribution in [3.63, 3.8) is 0 Å². The van der Waals surface area contributed by atoms with Crippen LogP contribution < -0.4 is 14.8 Å². The smallest absolute Gasteiger partial charge is 0.240 e. The van der Waals surface area contributed by atoms with Crippen molar-refractivity contribution in [2.24, 2.45) is 0 Å². The molecule has 0 saturated carbocycles. The number of fused-ring (bicyclic) bond motifs is 1. The summed E-state index contributed by atoms with van der Waals surface area (Å²) in [5.74, 6) is 0.239. The maximum absolute atomic E-state index is 12.5. The van der Waals surface area contributed by atoms with Crippen LogP contribution in [0.3, 0.4) is 0 Å². The van der Waals surface area contributed by atoms with Crippen LogP contribution in [0.5, 0.6) is 5.75 Å². The Labute approximate surface area is 158 Å². The van der Waals surface area contributed by atoms with Gasteiger partial charge in [0.1, 0.15) is 5.75 Å². The van der Waals surface area contributed by atoms with Crippen LogP contribution in [0.25, 0.3) is 10.8 Å². The largest absolute Gasteiger partial charge is 0.495 e. The van der Waals surface area contributed by atoms with Gasteiger partial charge in [-0.15, -0.1) is 0 Å². The van der Waals surface area contributed by atoms with Gasteiger partial charge >= 0.3 is 0 Å². The number of hydrogen-bond donors (Lipinski definition) is 2. The topological polar surface area (TPSA) is 84.5 Å². The van der Waals surface area contributed by atoms with Crippen molar-refractivity contribution in [2.75, 3.05) is 19.0 Å². The van der Waals surface area contributed by atoms with Gasteiger partial charge in [0.15, 0.2) is 0 Å². The van der Waals surface area contributed by atoms with Crippen LogP contribution in [0.4, 0.5) is 5.69 Å². The number of anilines is 1. The molecule has 0 bridgehead atoms. The van der Waals surface area contributed by atoms with E-state index in [9.17, 15) is 13.2 Å². The molecule has 1 amide bonds. The molecule has 0 heterocycles. The molecule has 0 radical (unpaired) electrons. The predicted octanol–water partition coefficient (Wildman–Crippen LogP) is 3.16. The Morgan fingerprint density at radius 1 is 0.963 bits per heavy atom. The fourth-order valence-electron chi connectivity index (χ4n) is 2.68. The number of sulfonamides is 1. The molecule has 0 aliphatic heterocycles. The number of carbonyl (C=O) groups excluding carboxylic acids is 1. The van der Waals surface area contributed by atoms with Gasteiger partial charge in [0.2, 0.25) is 15.9 Å². The Morgan fingerprint density at radius 2 is 1.67 bits per heavy atom. The van der Waals surface area contributed by atoms with Gasteiger partial charge in [-0.1, -0.05) is 42.5 Å². The van der Waals surface area contributed by atoms with Crippen LogP contribution in [0, 0.1) is 0 Å². The third-order valence-electron chi connectivity index (χ3n) is 4.06. The number of methoxy groups -OCH3 is 1. The molecule has 140 valence electrons. The summed E-state index contributed by atoms with van der Waals surface area (Å²) in [6, 6.07) is 19.5. The van der Waals surface area contributed by atoms with Gasteiger partial charge in [-0.3, -0.25) is 4.79 Å². The molecule has 0 fully saturated rings. The lowest BCUT2D eigenvalue weighted by atomic mass is 10.1. The van der Waals surface area contributed by atoms with E-state index in [0.29, 0.717) is 11.4 Å². The first-order valence-corrected chi connectivity index (χ1v) is 9.89. The first-order chi connectivity index (χ1) is 13.0. The van der Waals surface area contributed by atoms with E-state index >= 15 is 0 Å². The summed E-state index contributed by atoms with van der Waals surface area (Å²) in [4.78, 5) is 12.2. The molecular formula is C20H20N2O4S. The molecule has 3 aromatic carbocycles. The Kier molecular flexibility index (Phi) is 5.73. The second-order valence-corrected chi connectivity index (χ2v) is 7.67. The van der Waals surface area contributed by atoms with Crippen molar-refractivity contribution in [1.29, 1.82) is 0 Å². The molecule has 27 heavy (non-hydrogen) atoms. The molecule has 0 aliphatic rings. The summed E-state index contributed by atoms with van der Waals surface area (Å²) >= 11 is 0. The number of carbonyl (C=O) groups is 1. The molecule has 0 saturated heterocycles. The second kappa shape index (κ2) is 8.20. The fraction of sp³-hybridized carbons (Fsp3) is 0.150. The van der Waals surface area contributed by atoms with Crippen LogP contribution in [-0.4, -0.2) is 28.0 Å². The minimum atomic E-state index is -3.69. The zero-order valence-electron chi connectivity index (χ0n) is 14.8. The Balaban J connectivity index is 1.60. The Bertz CT molecular complexity index is 1060. The number of benzene rings is 3. The maximum Gasteiger partial charge on any atom is 0.240 e. The van der Waals surface area contributed by atoms with Gasteiger partial charge in [-0.05, 0) is 35.0 Å². The van der Waals surface area contributed by atoms with Gasteiger partial charge in [0, 0.05) is 13.0 Å². The maximum atomic E-state index is 12.5. The molecule has 2 N–H and O–H groups in total. The van der Waals surface area contributed by atoms with Gasteiger partial charge in [-0.2, -0.15) is 0 Å². The monoisotopic (exact) mass is 384 g/mol. The molecule has 0 spiro atoms. The predicted molar refractivity (Wildman–Crippen MR) is 105 cm³/mol. The van der Waals surface area contributed by atoms with Gasteiger partial charge in [-0.25, -0.2) is 13.1 Å². The number of hydrogen-bond acceptors (Lipinski definition) is 4. The molecule has 6 nitrogen and oxygen atoms in total. The molecular weight excluding hydrogens is 364 g/mol. The van der Waals surface area contributed by atoms with E-state index in [1.165, 1.54) is 7.11 Å². The zero-order chi connectivity index (χ0) is 19.3. The summed E-state index contributed by atoms with van der Waals surface area (Å²) in [7, 11) is -2.17. The highest BCUT2D eigenvalue weighted by Crippen LogP contribution is 2.23. The number of nitrogens with one attached hydrogen (secondary N) is 2. The lowest BCUT2D eigenvalue weighted by Gasteiger charge is -2.10. The lowest BCUT2D eigenvalue weighted by Crippen LogP contribution is -2.27. The standard InChI is InChI=1S/C20H20N2O4S/c1-26-19-9-5-4-8-18(19)22-20(23)12-13-21-27(24,25)17-11-10-15-6-2-3-7-16(15)14-17/h2-11,14,21H,12-13H2,1H3,(H,22,23). The average Bonchev–Trinajstić information content (AvgIpc) is 2.68. The summed E-state index contributed by atoms with van der Waals surface area (Å²) < 4.78 is 32.5. The first-order valence-electron chi connectivity index (χ1n) is 8.41. The molecule has 0 atom stereocenters. The minimum absolute atomic E-state index is 0.00383. The van der Waals surface area contributed by atoms with Crippen LogP contribution in [-0.2, 0) is 14.8 Å². The average molecular weight is 384 g/mol. The van der Waals surface area contributed by atoms with E-state index in [1.807, 2.05) is 24.3 Å². The van der Waals surface area contributed by atoms with Crippen molar-refractivity contribution >= 4 is 32.4 Å². The van der Waals surface area contributed by atoms with Crippen LogP contribution in [0.15, 0.2) is 71.6 Å². The van der Waals surface area contributed by atoms with Crippen LogP contribution in [0.2, 0.25) is 0 Å². The summed E-state index contributed by atoms with van der Waals surface area (Å²) in [5, 5.41) is 4.52. The van der Waals surface area contributed by atoms with Crippen LogP contribution in [0.1, 0.15) is 6.42 Å².